The molecule has 53 valence electrons. The van der Waals surface area contributed by atoms with E-state index in [1.54, 1.807) is 13.8 Å². The monoisotopic (exact) mass is 210 g/mol. The first kappa shape index (κ1) is 10.9. The third kappa shape index (κ3) is 9.38. The molecule has 1 radical (unpaired) electrons. The minimum absolute atomic E-state index is 0. The molecule has 0 fully saturated rings. The number of hydrogen-bond acceptors (Lipinski definition) is 1. The van der Waals surface area contributed by atoms with Gasteiger partial charge in [0.1, 0.15) is 0 Å². The molecule has 4 heteroatoms. The van der Waals surface area contributed by atoms with Gasteiger partial charge in [-0.3, -0.25) is 0 Å². The van der Waals surface area contributed by atoms with Crippen molar-refractivity contribution in [3.05, 3.63) is 0 Å². The van der Waals surface area contributed by atoms with Crippen LogP contribution in [0.4, 0.5) is 4.79 Å². The quantitative estimate of drug-likeness (QED) is 0.626. The normalized spacial score (nSPS) is 7.88. The molecule has 0 aliphatic carbocycles. The van der Waals surface area contributed by atoms with E-state index in [2.05, 4.69) is 5.32 Å². The predicted octanol–water partition coefficient (Wildman–Crippen LogP) is 0.660. The van der Waals surface area contributed by atoms with E-state index < -0.39 is 6.09 Å². The van der Waals surface area contributed by atoms with E-state index in [9.17, 15) is 4.79 Å². The van der Waals surface area contributed by atoms with Crippen LogP contribution < -0.4 is 5.32 Å². The molecule has 8 heavy (non-hydrogen) atoms. The maximum Gasteiger partial charge on any atom is 0.404 e. The molecule has 0 heterocycles. The van der Waals surface area contributed by atoms with Crippen molar-refractivity contribution >= 4 is 6.09 Å². The summed E-state index contributed by atoms with van der Waals surface area (Å²) in [6.07, 6.45) is -0.963. The summed E-state index contributed by atoms with van der Waals surface area (Å²) >= 11 is 0. The number of hydrogen-bond donors (Lipinski definition) is 2. The van der Waals surface area contributed by atoms with Crippen molar-refractivity contribution in [3.8, 4) is 0 Å². The van der Waals surface area contributed by atoms with Crippen LogP contribution in [0, 0.1) is 0 Å². The van der Waals surface area contributed by atoms with Gasteiger partial charge in [-0.1, -0.05) is 0 Å². The van der Waals surface area contributed by atoms with E-state index in [1.165, 1.54) is 0 Å². The molecule has 0 aromatic heterocycles. The molecular formula is C4H9AgNO2. The largest absolute Gasteiger partial charge is 0.465 e. The molecule has 1 amide bonds. The zero-order valence-corrected chi connectivity index (χ0v) is 6.22. The van der Waals surface area contributed by atoms with Crippen molar-refractivity contribution in [2.45, 2.75) is 19.9 Å². The molecule has 2 N–H and O–H groups in total. The van der Waals surface area contributed by atoms with Gasteiger partial charge in [0.2, 0.25) is 0 Å². The third-order valence-electron chi connectivity index (χ3n) is 0.412. The van der Waals surface area contributed by atoms with E-state index in [0.717, 1.165) is 0 Å². The maximum absolute atomic E-state index is 9.70. The molecule has 0 atom stereocenters. The van der Waals surface area contributed by atoms with Crippen molar-refractivity contribution in [2.24, 2.45) is 0 Å². The standard InChI is InChI=1S/C4H9NO2.Ag/c1-3(2)5-4(6)7;/h3,5H,1-2H3,(H,6,7);. The van der Waals surface area contributed by atoms with Gasteiger partial charge in [-0.05, 0) is 13.8 Å². The van der Waals surface area contributed by atoms with Gasteiger partial charge in [0, 0.05) is 28.4 Å². The minimum Gasteiger partial charge on any atom is -0.465 e. The van der Waals surface area contributed by atoms with Crippen molar-refractivity contribution < 1.29 is 32.3 Å². The van der Waals surface area contributed by atoms with Crippen molar-refractivity contribution in [1.29, 1.82) is 0 Å². The van der Waals surface area contributed by atoms with Gasteiger partial charge in [-0.2, -0.15) is 0 Å². The van der Waals surface area contributed by atoms with Crippen LogP contribution in [0.15, 0.2) is 0 Å². The number of rotatable bonds is 1. The molecule has 0 aromatic rings. The Morgan fingerprint density at radius 3 is 2.00 bits per heavy atom. The van der Waals surface area contributed by atoms with Crippen LogP contribution in [0.2, 0.25) is 0 Å². The first-order valence-electron chi connectivity index (χ1n) is 2.12. The molecule has 0 rings (SSSR count). The van der Waals surface area contributed by atoms with E-state index in [-0.39, 0.29) is 28.4 Å². The van der Waals surface area contributed by atoms with Gasteiger partial charge in [0.05, 0.1) is 0 Å². The predicted molar refractivity (Wildman–Crippen MR) is 26.3 cm³/mol. The van der Waals surface area contributed by atoms with Crippen molar-refractivity contribution in [3.63, 3.8) is 0 Å². The Labute approximate surface area is 64.0 Å². The second-order valence-electron chi connectivity index (χ2n) is 1.60. The van der Waals surface area contributed by atoms with Gasteiger partial charge >= 0.3 is 6.09 Å². The molecule has 0 aromatic carbocycles. The summed E-state index contributed by atoms with van der Waals surface area (Å²) in [4.78, 5) is 9.70. The fourth-order valence-electron chi connectivity index (χ4n) is 0.247. The van der Waals surface area contributed by atoms with Crippen LogP contribution in [0.5, 0.6) is 0 Å². The van der Waals surface area contributed by atoms with Crippen LogP contribution in [0.1, 0.15) is 13.8 Å². The first-order chi connectivity index (χ1) is 3.13. The summed E-state index contributed by atoms with van der Waals surface area (Å²) < 4.78 is 0. The van der Waals surface area contributed by atoms with Crippen molar-refractivity contribution in [2.75, 3.05) is 0 Å². The molecule has 0 aliphatic rings. The summed E-state index contributed by atoms with van der Waals surface area (Å²) in [5, 5.41) is 10.2. The smallest absolute Gasteiger partial charge is 0.404 e. The average molecular weight is 211 g/mol. The number of carboxylic acid groups (broad SMARTS) is 1. The summed E-state index contributed by atoms with van der Waals surface area (Å²) in [5.74, 6) is 0. The molecule has 0 saturated heterocycles. The number of nitrogens with one attached hydrogen (secondary N) is 1. The Kier molecular flexibility index (Phi) is 7.02. The molecule has 3 nitrogen and oxygen atoms in total. The SMILES string of the molecule is CC(C)NC(=O)O.[Ag]. The van der Waals surface area contributed by atoms with E-state index in [1.807, 2.05) is 0 Å². The second kappa shape index (κ2) is 5.15. The average Bonchev–Trinajstić information content (AvgIpc) is 1.27. The zero-order chi connectivity index (χ0) is 5.86. The first-order valence-corrected chi connectivity index (χ1v) is 2.12. The fraction of sp³-hybridized carbons (Fsp3) is 0.750. The summed E-state index contributed by atoms with van der Waals surface area (Å²) in [7, 11) is 0. The maximum atomic E-state index is 9.70. The molecule has 0 unspecified atom stereocenters. The topological polar surface area (TPSA) is 49.3 Å². The van der Waals surface area contributed by atoms with Gasteiger partial charge in [0.15, 0.2) is 0 Å². The van der Waals surface area contributed by atoms with Crippen LogP contribution in [0.3, 0.4) is 0 Å². The molecule has 0 aliphatic heterocycles. The Balaban J connectivity index is 0. The minimum atomic E-state index is -0.963. The molecular weight excluding hydrogens is 202 g/mol. The van der Waals surface area contributed by atoms with Crippen molar-refractivity contribution in [1.82, 2.24) is 5.32 Å². The van der Waals surface area contributed by atoms with Gasteiger partial charge in [-0.25, -0.2) is 4.79 Å². The van der Waals surface area contributed by atoms with Crippen LogP contribution in [-0.2, 0) is 22.4 Å². The fourth-order valence-corrected chi connectivity index (χ4v) is 0.247. The third-order valence-corrected chi connectivity index (χ3v) is 0.412. The van der Waals surface area contributed by atoms with E-state index in [0.29, 0.717) is 0 Å². The molecule has 0 spiro atoms. The number of amides is 1. The van der Waals surface area contributed by atoms with Crippen LogP contribution in [-0.4, -0.2) is 17.2 Å². The van der Waals surface area contributed by atoms with Crippen LogP contribution in [0.25, 0.3) is 0 Å². The van der Waals surface area contributed by atoms with E-state index in [4.69, 9.17) is 5.11 Å². The second-order valence-corrected chi connectivity index (χ2v) is 1.60. The summed E-state index contributed by atoms with van der Waals surface area (Å²) in [6.45, 7) is 3.54. The Bertz CT molecular complexity index is 74.4. The van der Waals surface area contributed by atoms with Gasteiger partial charge < -0.3 is 10.4 Å². The summed E-state index contributed by atoms with van der Waals surface area (Å²) in [5.41, 5.74) is 0. The molecule has 0 bridgehead atoms. The van der Waals surface area contributed by atoms with Crippen LogP contribution >= 0.6 is 0 Å². The Morgan fingerprint density at radius 1 is 1.62 bits per heavy atom. The number of carbonyl (C=O) groups is 1. The van der Waals surface area contributed by atoms with Gasteiger partial charge in [0.25, 0.3) is 0 Å². The Hall–Kier alpha value is 0.0103. The molecule has 0 saturated carbocycles. The Morgan fingerprint density at radius 2 is 2.00 bits per heavy atom. The van der Waals surface area contributed by atoms with E-state index >= 15 is 0 Å². The summed E-state index contributed by atoms with van der Waals surface area (Å²) in [6, 6.07) is 0.0255. The van der Waals surface area contributed by atoms with Gasteiger partial charge in [-0.15, -0.1) is 0 Å². The zero-order valence-electron chi connectivity index (χ0n) is 4.73.